The number of nitrogens with zero attached hydrogens (tertiary/aromatic N) is 1. The van der Waals surface area contributed by atoms with Crippen LogP contribution in [0.15, 0.2) is 79.0 Å². The summed E-state index contributed by atoms with van der Waals surface area (Å²) in [5.74, 6) is 0.235. The molecule has 1 fully saturated rings. The molecule has 0 atom stereocenters. The average molecular weight is 393 g/mol. The van der Waals surface area contributed by atoms with Crippen molar-refractivity contribution >= 4 is 16.7 Å². The van der Waals surface area contributed by atoms with Crippen LogP contribution < -0.4 is 0 Å². The second-order valence-electron chi connectivity index (χ2n) is 7.93. The van der Waals surface area contributed by atoms with Crippen molar-refractivity contribution in [2.24, 2.45) is 0 Å². The van der Waals surface area contributed by atoms with E-state index in [0.717, 1.165) is 16.8 Å². The van der Waals surface area contributed by atoms with E-state index >= 15 is 0 Å². The summed E-state index contributed by atoms with van der Waals surface area (Å²) in [7, 11) is 1.43. The summed E-state index contributed by atoms with van der Waals surface area (Å²) in [6.45, 7) is 0. The molecule has 1 aromatic heterocycles. The number of carbonyl (C=O) groups is 1. The Morgan fingerprint density at radius 1 is 1.00 bits per heavy atom. The number of carbonyl (C=O) groups excluding carboxylic acids is 1. The Hall–Kier alpha value is -3.46. The fourth-order valence-electron chi connectivity index (χ4n) is 4.08. The fourth-order valence-corrected chi connectivity index (χ4v) is 4.08. The highest BCUT2D eigenvalue weighted by molar-refractivity contribution is 5.97. The summed E-state index contributed by atoms with van der Waals surface area (Å²) in [6.07, 6.45) is 4.88. The first-order chi connectivity index (χ1) is 14.7. The van der Waals surface area contributed by atoms with Crippen LogP contribution in [0.1, 0.15) is 45.9 Å². The molecule has 5 rings (SSSR count). The Morgan fingerprint density at radius 2 is 1.83 bits per heavy atom. The summed E-state index contributed by atoms with van der Waals surface area (Å²) in [6, 6.07) is 25.3. The first kappa shape index (κ1) is 18.6. The lowest BCUT2D eigenvalue weighted by molar-refractivity contribution is 0.0599. The van der Waals surface area contributed by atoms with Crippen molar-refractivity contribution in [1.29, 1.82) is 0 Å². The van der Waals surface area contributed by atoms with Gasteiger partial charge in [0, 0.05) is 12.6 Å². The maximum atomic E-state index is 12.4. The van der Waals surface area contributed by atoms with Gasteiger partial charge >= 0.3 is 5.97 Å². The topological polar surface area (TPSA) is 39.2 Å². The standard InChI is InChI=1S/C27H23NO2/c1-30-27(29)25-16-22(19-11-12-19)17-28-26(25)15-18-10-13-24-21(14-18)8-5-9-23(24)20-6-3-2-4-7-20/h2-10,13-14,16-17,19H,11-12,15H2,1H3. The molecular formula is C27H23NO2. The van der Waals surface area contributed by atoms with Crippen LogP contribution in [0.3, 0.4) is 0 Å². The molecule has 0 bridgehead atoms. The van der Waals surface area contributed by atoms with E-state index < -0.39 is 0 Å². The highest BCUT2D eigenvalue weighted by atomic mass is 16.5. The zero-order valence-electron chi connectivity index (χ0n) is 17.0. The Balaban J connectivity index is 1.51. The minimum absolute atomic E-state index is 0.313. The number of aromatic nitrogens is 1. The number of methoxy groups -OCH3 is 1. The van der Waals surface area contributed by atoms with Gasteiger partial charge in [0.1, 0.15) is 0 Å². The van der Waals surface area contributed by atoms with Crippen molar-refractivity contribution in [2.75, 3.05) is 7.11 Å². The quantitative estimate of drug-likeness (QED) is 0.381. The van der Waals surface area contributed by atoms with Crippen molar-refractivity contribution in [2.45, 2.75) is 25.2 Å². The monoisotopic (exact) mass is 393 g/mol. The summed E-state index contributed by atoms with van der Waals surface area (Å²) in [5.41, 5.74) is 6.06. The molecule has 3 heteroatoms. The van der Waals surface area contributed by atoms with E-state index in [9.17, 15) is 4.79 Å². The van der Waals surface area contributed by atoms with E-state index in [1.54, 1.807) is 0 Å². The molecule has 0 unspecified atom stereocenters. The lowest BCUT2D eigenvalue weighted by Gasteiger charge is -2.11. The Kier molecular flexibility index (Phi) is 4.80. The number of esters is 1. The maximum Gasteiger partial charge on any atom is 0.339 e. The number of ether oxygens (including phenoxy) is 1. The smallest absolute Gasteiger partial charge is 0.339 e. The summed E-state index contributed by atoms with van der Waals surface area (Å²) in [4.78, 5) is 17.0. The SMILES string of the molecule is COC(=O)c1cc(C2CC2)cnc1Cc1ccc2c(-c3ccccc3)cccc2c1. The molecule has 3 nitrogen and oxygen atoms in total. The van der Waals surface area contributed by atoms with E-state index in [4.69, 9.17) is 4.74 Å². The van der Waals surface area contributed by atoms with E-state index in [0.29, 0.717) is 17.9 Å². The minimum Gasteiger partial charge on any atom is -0.465 e. The van der Waals surface area contributed by atoms with Gasteiger partial charge in [0.2, 0.25) is 0 Å². The predicted molar refractivity (Wildman–Crippen MR) is 120 cm³/mol. The van der Waals surface area contributed by atoms with Crippen LogP contribution in [0.25, 0.3) is 21.9 Å². The van der Waals surface area contributed by atoms with Gasteiger partial charge in [0.25, 0.3) is 0 Å². The molecule has 1 heterocycles. The lowest BCUT2D eigenvalue weighted by atomic mass is 9.95. The molecule has 0 spiro atoms. The van der Waals surface area contributed by atoms with Gasteiger partial charge in [-0.1, -0.05) is 66.7 Å². The zero-order valence-corrected chi connectivity index (χ0v) is 17.0. The third-order valence-corrected chi connectivity index (χ3v) is 5.85. The van der Waals surface area contributed by atoms with Gasteiger partial charge < -0.3 is 4.74 Å². The highest BCUT2D eigenvalue weighted by Gasteiger charge is 2.26. The molecule has 0 radical (unpaired) electrons. The van der Waals surface area contributed by atoms with E-state index in [1.807, 2.05) is 18.3 Å². The van der Waals surface area contributed by atoms with Gasteiger partial charge in [0.05, 0.1) is 18.4 Å². The van der Waals surface area contributed by atoms with Crippen molar-refractivity contribution in [3.63, 3.8) is 0 Å². The first-order valence-corrected chi connectivity index (χ1v) is 10.4. The Bertz CT molecular complexity index is 1230. The molecule has 148 valence electrons. The van der Waals surface area contributed by atoms with E-state index in [2.05, 4.69) is 65.6 Å². The van der Waals surface area contributed by atoms with Gasteiger partial charge in [-0.15, -0.1) is 0 Å². The van der Waals surface area contributed by atoms with Crippen LogP contribution in [0, 0.1) is 0 Å². The van der Waals surface area contributed by atoms with Crippen LogP contribution in [-0.2, 0) is 11.2 Å². The number of hydrogen-bond donors (Lipinski definition) is 0. The minimum atomic E-state index is -0.313. The summed E-state index contributed by atoms with van der Waals surface area (Å²) in [5, 5.41) is 2.40. The van der Waals surface area contributed by atoms with E-state index in [1.165, 1.54) is 41.9 Å². The molecule has 30 heavy (non-hydrogen) atoms. The molecule has 1 aliphatic carbocycles. The van der Waals surface area contributed by atoms with Gasteiger partial charge in [-0.2, -0.15) is 0 Å². The summed E-state index contributed by atoms with van der Waals surface area (Å²) < 4.78 is 5.03. The number of fused-ring (bicyclic) bond motifs is 1. The molecule has 0 N–H and O–H groups in total. The third kappa shape index (κ3) is 3.59. The first-order valence-electron chi connectivity index (χ1n) is 10.4. The summed E-state index contributed by atoms with van der Waals surface area (Å²) >= 11 is 0. The van der Waals surface area contributed by atoms with Crippen LogP contribution in [0.2, 0.25) is 0 Å². The fraction of sp³-hybridized carbons (Fsp3) is 0.185. The second-order valence-corrected chi connectivity index (χ2v) is 7.93. The highest BCUT2D eigenvalue weighted by Crippen LogP contribution is 2.40. The van der Waals surface area contributed by atoms with E-state index in [-0.39, 0.29) is 5.97 Å². The number of hydrogen-bond acceptors (Lipinski definition) is 3. The predicted octanol–water partition coefficient (Wildman–Crippen LogP) is 6.16. The molecule has 1 saturated carbocycles. The van der Waals surface area contributed by atoms with Gasteiger partial charge in [-0.25, -0.2) is 4.79 Å². The van der Waals surface area contributed by atoms with Crippen LogP contribution >= 0.6 is 0 Å². The largest absolute Gasteiger partial charge is 0.465 e. The Morgan fingerprint density at radius 3 is 2.60 bits per heavy atom. The van der Waals surface area contributed by atoms with Crippen molar-refractivity contribution in [1.82, 2.24) is 4.98 Å². The lowest BCUT2D eigenvalue weighted by Crippen LogP contribution is -2.09. The Labute approximate surface area is 176 Å². The molecule has 3 aromatic carbocycles. The molecule has 0 aliphatic heterocycles. The average Bonchev–Trinajstić information content (AvgIpc) is 3.64. The maximum absolute atomic E-state index is 12.4. The number of rotatable bonds is 5. The molecule has 0 amide bonds. The second kappa shape index (κ2) is 7.75. The van der Waals surface area contributed by atoms with Gasteiger partial charge in [-0.05, 0) is 57.9 Å². The number of benzene rings is 3. The van der Waals surface area contributed by atoms with Crippen molar-refractivity contribution in [3.05, 3.63) is 101 Å². The van der Waals surface area contributed by atoms with Crippen molar-refractivity contribution in [3.8, 4) is 11.1 Å². The normalized spacial score (nSPS) is 13.4. The molecular weight excluding hydrogens is 370 g/mol. The molecule has 1 aliphatic rings. The molecule has 4 aromatic rings. The molecule has 0 saturated heterocycles. The van der Waals surface area contributed by atoms with Gasteiger partial charge in [-0.3, -0.25) is 4.98 Å². The van der Waals surface area contributed by atoms with Crippen LogP contribution in [0.4, 0.5) is 0 Å². The zero-order chi connectivity index (χ0) is 20.5. The number of pyridine rings is 1. The third-order valence-electron chi connectivity index (χ3n) is 5.85. The van der Waals surface area contributed by atoms with Crippen LogP contribution in [-0.4, -0.2) is 18.1 Å². The van der Waals surface area contributed by atoms with Crippen molar-refractivity contribution < 1.29 is 9.53 Å². The van der Waals surface area contributed by atoms with Gasteiger partial charge in [0.15, 0.2) is 0 Å². The van der Waals surface area contributed by atoms with Crippen LogP contribution in [0.5, 0.6) is 0 Å².